The van der Waals surface area contributed by atoms with Gasteiger partial charge in [0.25, 0.3) is 5.89 Å². The fraction of sp³-hybridized carbons (Fsp3) is 0.133. The zero-order chi connectivity index (χ0) is 15.0. The van der Waals surface area contributed by atoms with Gasteiger partial charge in [-0.3, -0.25) is 4.98 Å². The molecule has 2 heterocycles. The summed E-state index contributed by atoms with van der Waals surface area (Å²) in [6.45, 7) is 3.79. The summed E-state index contributed by atoms with van der Waals surface area (Å²) < 4.78 is 5.31. The summed E-state index contributed by atoms with van der Waals surface area (Å²) in [5.41, 5.74) is 9.77. The second kappa shape index (κ2) is 5.18. The quantitative estimate of drug-likeness (QED) is 0.731. The summed E-state index contributed by atoms with van der Waals surface area (Å²) in [6.07, 6.45) is 1.71. The van der Waals surface area contributed by atoms with Crippen molar-refractivity contribution < 1.29 is 4.52 Å². The minimum absolute atomic E-state index is 0.445. The lowest BCUT2D eigenvalue weighted by atomic mass is 10.1. The summed E-state index contributed by atoms with van der Waals surface area (Å²) in [7, 11) is 0. The number of benzene rings is 1. The largest absolute Gasteiger partial charge is 0.397 e. The number of rotatable bonds is 2. The lowest BCUT2D eigenvalue weighted by Gasteiger charge is -2.04. The first kappa shape index (κ1) is 13.6. The van der Waals surface area contributed by atoms with Crippen molar-refractivity contribution in [2.75, 3.05) is 5.73 Å². The van der Waals surface area contributed by atoms with Gasteiger partial charge in [-0.05, 0) is 43.7 Å². The van der Waals surface area contributed by atoms with Crippen LogP contribution in [0.1, 0.15) is 11.3 Å². The van der Waals surface area contributed by atoms with Gasteiger partial charge in [0, 0.05) is 23.0 Å². The Morgan fingerprint density at radius 1 is 1.14 bits per heavy atom. The van der Waals surface area contributed by atoms with E-state index in [4.69, 9.17) is 21.9 Å². The maximum absolute atomic E-state index is 6.09. The van der Waals surface area contributed by atoms with Crippen LogP contribution < -0.4 is 5.73 Å². The third-order valence-corrected chi connectivity index (χ3v) is 3.48. The molecule has 0 aliphatic heterocycles. The second-order valence-corrected chi connectivity index (χ2v) is 5.20. The molecule has 0 unspecified atom stereocenters. The van der Waals surface area contributed by atoms with E-state index in [2.05, 4.69) is 15.1 Å². The van der Waals surface area contributed by atoms with E-state index < -0.39 is 0 Å². The van der Waals surface area contributed by atoms with Gasteiger partial charge in [-0.1, -0.05) is 16.8 Å². The highest BCUT2D eigenvalue weighted by Crippen LogP contribution is 2.30. The van der Waals surface area contributed by atoms with Gasteiger partial charge >= 0.3 is 0 Å². The molecular weight excluding hydrogens is 288 g/mol. The maximum atomic E-state index is 6.09. The zero-order valence-corrected chi connectivity index (χ0v) is 12.3. The number of nitrogen functional groups attached to an aromatic ring is 1. The van der Waals surface area contributed by atoms with Gasteiger partial charge in [0.15, 0.2) is 0 Å². The van der Waals surface area contributed by atoms with Crippen LogP contribution in [0.2, 0.25) is 5.02 Å². The molecule has 5 nitrogen and oxygen atoms in total. The van der Waals surface area contributed by atoms with Crippen molar-refractivity contribution in [3.05, 3.63) is 46.7 Å². The molecule has 2 aromatic heterocycles. The molecule has 2 N–H and O–H groups in total. The topological polar surface area (TPSA) is 77.8 Å². The number of hydrogen-bond donors (Lipinski definition) is 1. The van der Waals surface area contributed by atoms with Crippen LogP contribution in [0.15, 0.2) is 35.0 Å². The summed E-state index contributed by atoms with van der Waals surface area (Å²) in [5, 5.41) is 4.48. The molecule has 0 saturated heterocycles. The van der Waals surface area contributed by atoms with E-state index >= 15 is 0 Å². The van der Waals surface area contributed by atoms with Crippen LogP contribution in [0.5, 0.6) is 0 Å². The maximum Gasteiger partial charge on any atom is 0.258 e. The third-order valence-electron chi connectivity index (χ3n) is 3.16. The molecule has 0 amide bonds. The van der Waals surface area contributed by atoms with Crippen molar-refractivity contribution in [2.45, 2.75) is 13.8 Å². The lowest BCUT2D eigenvalue weighted by Crippen LogP contribution is -1.92. The highest BCUT2D eigenvalue weighted by Gasteiger charge is 2.13. The van der Waals surface area contributed by atoms with Crippen molar-refractivity contribution in [3.8, 4) is 22.8 Å². The predicted molar refractivity (Wildman–Crippen MR) is 81.9 cm³/mol. The van der Waals surface area contributed by atoms with Gasteiger partial charge < -0.3 is 10.3 Å². The average Bonchev–Trinajstić information content (AvgIpc) is 2.94. The zero-order valence-electron chi connectivity index (χ0n) is 11.6. The Labute approximate surface area is 126 Å². The van der Waals surface area contributed by atoms with E-state index in [9.17, 15) is 0 Å². The Morgan fingerprint density at radius 3 is 2.67 bits per heavy atom. The number of aromatic nitrogens is 3. The molecule has 0 fully saturated rings. The summed E-state index contributed by atoms with van der Waals surface area (Å²) in [6, 6.07) is 7.33. The molecule has 106 valence electrons. The van der Waals surface area contributed by atoms with Gasteiger partial charge in [-0.2, -0.15) is 4.98 Å². The van der Waals surface area contributed by atoms with Gasteiger partial charge in [0.2, 0.25) is 5.82 Å². The minimum atomic E-state index is 0.445. The fourth-order valence-corrected chi connectivity index (χ4v) is 2.29. The molecule has 0 saturated carbocycles. The number of nitrogens with zero attached hydrogens (tertiary/aromatic N) is 3. The second-order valence-electron chi connectivity index (χ2n) is 4.80. The molecule has 21 heavy (non-hydrogen) atoms. The first-order valence-electron chi connectivity index (χ1n) is 6.37. The SMILES string of the molecule is Cc1cc(-c2nc(-c3cc(C)c(N)c(Cl)c3)no2)ccn1. The normalized spacial score (nSPS) is 10.8. The van der Waals surface area contributed by atoms with E-state index in [1.807, 2.05) is 32.0 Å². The molecule has 0 aliphatic carbocycles. The van der Waals surface area contributed by atoms with E-state index in [0.29, 0.717) is 22.4 Å². The Morgan fingerprint density at radius 2 is 1.95 bits per heavy atom. The highest BCUT2D eigenvalue weighted by atomic mass is 35.5. The molecule has 0 aliphatic rings. The van der Waals surface area contributed by atoms with Gasteiger partial charge in [-0.15, -0.1) is 0 Å². The van der Waals surface area contributed by atoms with Crippen molar-refractivity contribution in [1.29, 1.82) is 0 Å². The smallest absolute Gasteiger partial charge is 0.258 e. The van der Waals surface area contributed by atoms with E-state index in [1.54, 1.807) is 12.3 Å². The van der Waals surface area contributed by atoms with Crippen LogP contribution in [0.25, 0.3) is 22.8 Å². The molecule has 0 atom stereocenters. The van der Waals surface area contributed by atoms with Crippen LogP contribution in [0.4, 0.5) is 5.69 Å². The minimum Gasteiger partial charge on any atom is -0.397 e. The number of halogens is 1. The number of aryl methyl sites for hydroxylation is 2. The number of pyridine rings is 1. The summed E-state index contributed by atoms with van der Waals surface area (Å²) in [5.74, 6) is 0.922. The standard InChI is InChI=1S/C15H13ClN4O/c1-8-5-11(7-12(16)13(8)17)14-19-15(21-20-14)10-3-4-18-9(2)6-10/h3-7H,17H2,1-2H3. The van der Waals surface area contributed by atoms with Crippen LogP contribution in [-0.2, 0) is 0 Å². The molecular formula is C15H13ClN4O. The Kier molecular flexibility index (Phi) is 3.35. The molecule has 6 heteroatoms. The van der Waals surface area contributed by atoms with Crippen molar-refractivity contribution >= 4 is 17.3 Å². The fourth-order valence-electron chi connectivity index (χ4n) is 2.02. The predicted octanol–water partition coefficient (Wildman–Crippen LogP) is 3.65. The number of anilines is 1. The molecule has 3 rings (SSSR count). The summed E-state index contributed by atoms with van der Waals surface area (Å²) >= 11 is 6.09. The van der Waals surface area contributed by atoms with Crippen LogP contribution in [-0.4, -0.2) is 15.1 Å². The van der Waals surface area contributed by atoms with Crippen LogP contribution in [0.3, 0.4) is 0 Å². The van der Waals surface area contributed by atoms with Crippen molar-refractivity contribution in [1.82, 2.24) is 15.1 Å². The third kappa shape index (κ3) is 2.60. The number of hydrogen-bond acceptors (Lipinski definition) is 5. The molecule has 0 radical (unpaired) electrons. The molecule has 0 bridgehead atoms. The molecule has 3 aromatic rings. The van der Waals surface area contributed by atoms with Gasteiger partial charge in [0.05, 0.1) is 10.7 Å². The highest BCUT2D eigenvalue weighted by molar-refractivity contribution is 6.33. The first-order chi connectivity index (χ1) is 10.0. The number of nitrogens with two attached hydrogens (primary N) is 1. The van der Waals surface area contributed by atoms with Crippen LogP contribution in [0, 0.1) is 13.8 Å². The Hall–Kier alpha value is -2.40. The summed E-state index contributed by atoms with van der Waals surface area (Å²) in [4.78, 5) is 8.54. The molecule has 0 spiro atoms. The van der Waals surface area contributed by atoms with Crippen molar-refractivity contribution in [3.63, 3.8) is 0 Å². The van der Waals surface area contributed by atoms with Gasteiger partial charge in [0.1, 0.15) is 0 Å². The monoisotopic (exact) mass is 300 g/mol. The molecule has 1 aromatic carbocycles. The van der Waals surface area contributed by atoms with E-state index in [1.165, 1.54) is 0 Å². The first-order valence-corrected chi connectivity index (χ1v) is 6.75. The average molecular weight is 301 g/mol. The van der Waals surface area contributed by atoms with Crippen molar-refractivity contribution in [2.24, 2.45) is 0 Å². The Balaban J connectivity index is 2.02. The Bertz CT molecular complexity index is 790. The van der Waals surface area contributed by atoms with E-state index in [-0.39, 0.29) is 0 Å². The van der Waals surface area contributed by atoms with Crippen LogP contribution >= 0.6 is 11.6 Å². The van der Waals surface area contributed by atoms with Gasteiger partial charge in [-0.25, -0.2) is 0 Å². The lowest BCUT2D eigenvalue weighted by molar-refractivity contribution is 0.432. The van der Waals surface area contributed by atoms with E-state index in [0.717, 1.165) is 22.4 Å².